The molecule has 2 aromatic rings. The first kappa shape index (κ1) is 14.4. The maximum atomic E-state index is 11.8. The molecule has 2 N–H and O–H groups in total. The summed E-state index contributed by atoms with van der Waals surface area (Å²) in [6, 6.07) is 5.52. The van der Waals surface area contributed by atoms with Crippen molar-refractivity contribution in [1.29, 1.82) is 0 Å². The fourth-order valence-electron chi connectivity index (χ4n) is 1.92. The Kier molecular flexibility index (Phi) is 4.29. The number of halogens is 1. The van der Waals surface area contributed by atoms with Gasteiger partial charge in [-0.1, -0.05) is 22.8 Å². The minimum absolute atomic E-state index is 0.107. The van der Waals surface area contributed by atoms with E-state index in [0.29, 0.717) is 16.6 Å². The van der Waals surface area contributed by atoms with E-state index in [0.717, 1.165) is 16.8 Å². The van der Waals surface area contributed by atoms with Crippen molar-refractivity contribution in [2.24, 2.45) is 0 Å². The van der Waals surface area contributed by atoms with Gasteiger partial charge in [0, 0.05) is 6.07 Å². The monoisotopic (exact) mass is 293 g/mol. The highest BCUT2D eigenvalue weighted by atomic mass is 35.5. The number of nitrogens with one attached hydrogen (secondary N) is 2. The van der Waals surface area contributed by atoms with Crippen LogP contribution in [0.3, 0.4) is 0 Å². The van der Waals surface area contributed by atoms with Gasteiger partial charge < -0.3 is 15.2 Å². The largest absolute Gasteiger partial charge is 0.375 e. The van der Waals surface area contributed by atoms with E-state index in [-0.39, 0.29) is 12.5 Å². The number of carbonyl (C=O) groups excluding carboxylic acids is 1. The third-order valence-corrected chi connectivity index (χ3v) is 3.05. The second-order valence-electron chi connectivity index (χ2n) is 4.66. The SMILES string of the molecule is Cc1cc(C)c(NCC(=O)Nc2cc(C)on2)c(Cl)c1. The van der Waals surface area contributed by atoms with Gasteiger partial charge in [-0.3, -0.25) is 4.79 Å². The summed E-state index contributed by atoms with van der Waals surface area (Å²) >= 11 is 6.16. The molecule has 0 unspecified atom stereocenters. The summed E-state index contributed by atoms with van der Waals surface area (Å²) in [5, 5.41) is 9.97. The highest BCUT2D eigenvalue weighted by Crippen LogP contribution is 2.27. The van der Waals surface area contributed by atoms with E-state index in [2.05, 4.69) is 15.8 Å². The normalized spacial score (nSPS) is 10.4. The van der Waals surface area contributed by atoms with Crippen molar-refractivity contribution in [3.05, 3.63) is 40.1 Å². The summed E-state index contributed by atoms with van der Waals surface area (Å²) in [6.45, 7) is 5.79. The van der Waals surface area contributed by atoms with Crippen molar-refractivity contribution >= 4 is 29.0 Å². The van der Waals surface area contributed by atoms with Crippen LogP contribution in [0, 0.1) is 20.8 Å². The Labute approximate surface area is 122 Å². The van der Waals surface area contributed by atoms with E-state index < -0.39 is 0 Å². The zero-order valence-electron chi connectivity index (χ0n) is 11.6. The lowest BCUT2D eigenvalue weighted by molar-refractivity contribution is -0.114. The maximum absolute atomic E-state index is 11.8. The first-order chi connectivity index (χ1) is 9.45. The third kappa shape index (κ3) is 3.51. The molecule has 0 aliphatic rings. The van der Waals surface area contributed by atoms with Crippen LogP contribution >= 0.6 is 11.6 Å². The number of carbonyl (C=O) groups is 1. The van der Waals surface area contributed by atoms with Crippen molar-refractivity contribution in [2.75, 3.05) is 17.2 Å². The molecule has 1 aromatic heterocycles. The molecule has 106 valence electrons. The Balaban J connectivity index is 1.97. The van der Waals surface area contributed by atoms with Crippen LogP contribution in [-0.4, -0.2) is 17.6 Å². The first-order valence-electron chi connectivity index (χ1n) is 6.19. The Morgan fingerprint density at radius 3 is 2.65 bits per heavy atom. The van der Waals surface area contributed by atoms with Gasteiger partial charge in [0.05, 0.1) is 17.3 Å². The second-order valence-corrected chi connectivity index (χ2v) is 5.07. The summed E-state index contributed by atoms with van der Waals surface area (Å²) in [5.41, 5.74) is 2.85. The summed E-state index contributed by atoms with van der Waals surface area (Å²) in [5.74, 6) is 0.834. The van der Waals surface area contributed by atoms with Gasteiger partial charge in [-0.2, -0.15) is 0 Å². The number of rotatable bonds is 4. The van der Waals surface area contributed by atoms with Crippen LogP contribution in [0.2, 0.25) is 5.02 Å². The molecule has 0 spiro atoms. The van der Waals surface area contributed by atoms with Crippen LogP contribution in [0.25, 0.3) is 0 Å². The van der Waals surface area contributed by atoms with Gasteiger partial charge in [0.15, 0.2) is 5.82 Å². The van der Waals surface area contributed by atoms with Gasteiger partial charge >= 0.3 is 0 Å². The van der Waals surface area contributed by atoms with E-state index in [1.165, 1.54) is 0 Å². The summed E-state index contributed by atoms with van der Waals surface area (Å²) in [7, 11) is 0. The summed E-state index contributed by atoms with van der Waals surface area (Å²) in [4.78, 5) is 11.8. The van der Waals surface area contributed by atoms with E-state index in [4.69, 9.17) is 16.1 Å². The van der Waals surface area contributed by atoms with Gasteiger partial charge in [0.1, 0.15) is 5.76 Å². The van der Waals surface area contributed by atoms with Crippen LogP contribution in [0.5, 0.6) is 0 Å². The summed E-state index contributed by atoms with van der Waals surface area (Å²) in [6.07, 6.45) is 0. The highest BCUT2D eigenvalue weighted by Gasteiger charge is 2.09. The number of hydrogen-bond acceptors (Lipinski definition) is 4. The van der Waals surface area contributed by atoms with E-state index in [1.807, 2.05) is 26.0 Å². The molecule has 1 heterocycles. The average molecular weight is 294 g/mol. The molecule has 0 aliphatic carbocycles. The molecule has 0 atom stereocenters. The van der Waals surface area contributed by atoms with Gasteiger partial charge in [0.25, 0.3) is 0 Å². The molecule has 1 aromatic carbocycles. The highest BCUT2D eigenvalue weighted by molar-refractivity contribution is 6.33. The predicted molar refractivity (Wildman–Crippen MR) is 79.3 cm³/mol. The Morgan fingerprint density at radius 2 is 2.05 bits per heavy atom. The lowest BCUT2D eigenvalue weighted by Gasteiger charge is -2.12. The zero-order valence-corrected chi connectivity index (χ0v) is 12.3. The van der Waals surface area contributed by atoms with Crippen LogP contribution in [0.1, 0.15) is 16.9 Å². The lowest BCUT2D eigenvalue weighted by Crippen LogP contribution is -2.22. The van der Waals surface area contributed by atoms with E-state index >= 15 is 0 Å². The predicted octanol–water partition coefficient (Wildman–Crippen LogP) is 3.30. The molecule has 0 bridgehead atoms. The lowest BCUT2D eigenvalue weighted by atomic mass is 10.1. The van der Waals surface area contributed by atoms with Crippen LogP contribution < -0.4 is 10.6 Å². The number of nitrogens with zero attached hydrogens (tertiary/aromatic N) is 1. The molecule has 0 saturated carbocycles. The molecular formula is C14H16ClN3O2. The number of aromatic nitrogens is 1. The van der Waals surface area contributed by atoms with Gasteiger partial charge in [-0.15, -0.1) is 0 Å². The maximum Gasteiger partial charge on any atom is 0.244 e. The quantitative estimate of drug-likeness (QED) is 0.907. The fraction of sp³-hybridized carbons (Fsp3) is 0.286. The molecule has 0 radical (unpaired) electrons. The van der Waals surface area contributed by atoms with Gasteiger partial charge in [-0.25, -0.2) is 0 Å². The third-order valence-electron chi connectivity index (χ3n) is 2.75. The van der Waals surface area contributed by atoms with Gasteiger partial charge in [-0.05, 0) is 38.0 Å². The fourth-order valence-corrected chi connectivity index (χ4v) is 2.31. The molecule has 0 saturated heterocycles. The van der Waals surface area contributed by atoms with Crippen LogP contribution in [0.15, 0.2) is 22.7 Å². The Hall–Kier alpha value is -2.01. The molecular weight excluding hydrogens is 278 g/mol. The zero-order chi connectivity index (χ0) is 14.7. The standard InChI is InChI=1S/C14H16ClN3O2/c1-8-4-9(2)14(11(15)5-8)16-7-13(19)17-12-6-10(3)20-18-12/h4-6,16H,7H2,1-3H3,(H,17,18,19). The molecule has 20 heavy (non-hydrogen) atoms. The minimum Gasteiger partial charge on any atom is -0.375 e. The molecule has 2 rings (SSSR count). The number of hydrogen-bond donors (Lipinski definition) is 2. The molecule has 1 amide bonds. The van der Waals surface area contributed by atoms with Crippen LogP contribution in [-0.2, 0) is 4.79 Å². The molecule has 5 nitrogen and oxygen atoms in total. The van der Waals surface area contributed by atoms with Crippen molar-refractivity contribution in [2.45, 2.75) is 20.8 Å². The smallest absolute Gasteiger partial charge is 0.244 e. The van der Waals surface area contributed by atoms with Crippen molar-refractivity contribution in [1.82, 2.24) is 5.16 Å². The average Bonchev–Trinajstić information content (AvgIpc) is 2.73. The molecule has 0 fully saturated rings. The van der Waals surface area contributed by atoms with Gasteiger partial charge in [0.2, 0.25) is 5.91 Å². The molecule has 0 aliphatic heterocycles. The Bertz CT molecular complexity index is 614. The van der Waals surface area contributed by atoms with Crippen molar-refractivity contribution < 1.29 is 9.32 Å². The van der Waals surface area contributed by atoms with Crippen molar-refractivity contribution in [3.63, 3.8) is 0 Å². The van der Waals surface area contributed by atoms with Crippen LogP contribution in [0.4, 0.5) is 11.5 Å². The minimum atomic E-state index is -0.214. The number of amides is 1. The topological polar surface area (TPSA) is 67.2 Å². The summed E-state index contributed by atoms with van der Waals surface area (Å²) < 4.78 is 4.87. The number of anilines is 2. The van der Waals surface area contributed by atoms with E-state index in [9.17, 15) is 4.79 Å². The molecule has 6 heteroatoms. The number of benzene rings is 1. The van der Waals surface area contributed by atoms with Crippen molar-refractivity contribution in [3.8, 4) is 0 Å². The number of aryl methyl sites for hydroxylation is 3. The Morgan fingerprint density at radius 1 is 1.30 bits per heavy atom. The first-order valence-corrected chi connectivity index (χ1v) is 6.57. The van der Waals surface area contributed by atoms with E-state index in [1.54, 1.807) is 13.0 Å². The second kappa shape index (κ2) is 5.96.